The summed E-state index contributed by atoms with van der Waals surface area (Å²) in [4.78, 5) is 0. The van der Waals surface area contributed by atoms with Gasteiger partial charge >= 0.3 is 0 Å². The lowest BCUT2D eigenvalue weighted by atomic mass is 9.62. The van der Waals surface area contributed by atoms with Crippen molar-refractivity contribution in [1.29, 1.82) is 0 Å². The average molecular weight is 469 g/mol. The van der Waals surface area contributed by atoms with E-state index >= 15 is 0 Å². The molecule has 0 fully saturated rings. The molecule has 156 valence electrons. The molecule has 0 bridgehead atoms. The summed E-state index contributed by atoms with van der Waals surface area (Å²) in [6.07, 6.45) is 7.46. The molecule has 5 rings (SSSR count). The van der Waals surface area contributed by atoms with Crippen molar-refractivity contribution in [2.75, 3.05) is 0 Å². The Morgan fingerprint density at radius 3 is 2.26 bits per heavy atom. The van der Waals surface area contributed by atoms with Gasteiger partial charge < -0.3 is 0 Å². The zero-order valence-corrected chi connectivity index (χ0v) is 20.2. The van der Waals surface area contributed by atoms with Crippen LogP contribution in [-0.4, -0.2) is 0 Å². The first-order chi connectivity index (χ1) is 15.1. The fourth-order valence-electron chi connectivity index (χ4n) is 5.39. The molecule has 0 amide bonds. The van der Waals surface area contributed by atoms with Gasteiger partial charge in [0, 0.05) is 10.4 Å². The molecule has 0 saturated carbocycles. The summed E-state index contributed by atoms with van der Waals surface area (Å²) in [6, 6.07) is 22.3. The van der Waals surface area contributed by atoms with Gasteiger partial charge in [-0.15, -0.1) is 6.58 Å². The first-order valence-electron chi connectivity index (χ1n) is 11.1. The molecule has 1 spiro atoms. The van der Waals surface area contributed by atoms with Gasteiger partial charge in [0.15, 0.2) is 0 Å². The molecule has 0 nitrogen and oxygen atoms in total. The molecule has 2 atom stereocenters. The lowest BCUT2D eigenvalue weighted by Gasteiger charge is -2.39. The van der Waals surface area contributed by atoms with Crippen molar-refractivity contribution in [3.8, 4) is 0 Å². The Morgan fingerprint density at radius 2 is 1.55 bits per heavy atom. The monoisotopic (exact) mass is 468 g/mol. The van der Waals surface area contributed by atoms with Crippen molar-refractivity contribution >= 4 is 33.7 Å². The maximum Gasteiger partial charge on any atom is 0.0540 e. The van der Waals surface area contributed by atoms with Gasteiger partial charge in [-0.25, -0.2) is 0 Å². The Bertz CT molecular complexity index is 1140. The molecular formula is C30H29Br. The van der Waals surface area contributed by atoms with Gasteiger partial charge in [0.1, 0.15) is 0 Å². The minimum Gasteiger partial charge on any atom is -0.103 e. The third-order valence-electron chi connectivity index (χ3n) is 6.56. The maximum atomic E-state index is 4.59. The van der Waals surface area contributed by atoms with Gasteiger partial charge in [0.25, 0.3) is 0 Å². The van der Waals surface area contributed by atoms with Crippen LogP contribution >= 0.6 is 15.9 Å². The van der Waals surface area contributed by atoms with Gasteiger partial charge in [0.05, 0.1) is 5.41 Å². The molecule has 3 aromatic carbocycles. The second-order valence-electron chi connectivity index (χ2n) is 8.11. The summed E-state index contributed by atoms with van der Waals surface area (Å²) in [7, 11) is 0. The predicted molar refractivity (Wildman–Crippen MR) is 139 cm³/mol. The number of hydrogen-bond acceptors (Lipinski definition) is 0. The summed E-state index contributed by atoms with van der Waals surface area (Å²) < 4.78 is 1.10. The molecule has 0 radical (unpaired) electrons. The van der Waals surface area contributed by atoms with E-state index in [-0.39, 0.29) is 11.3 Å². The molecule has 3 aromatic rings. The number of hydrogen-bond donors (Lipinski definition) is 0. The largest absolute Gasteiger partial charge is 0.103 e. The molecule has 0 aliphatic heterocycles. The molecule has 31 heavy (non-hydrogen) atoms. The van der Waals surface area contributed by atoms with Crippen molar-refractivity contribution in [3.63, 3.8) is 0 Å². The average Bonchev–Trinajstić information content (AvgIpc) is 2.95. The Labute approximate surface area is 195 Å². The molecule has 0 N–H and O–H groups in total. The minimum absolute atomic E-state index is 0.228. The smallest absolute Gasteiger partial charge is 0.0540 e. The molecular weight excluding hydrogens is 440 g/mol. The quantitative estimate of drug-likeness (QED) is 0.329. The Hall–Kier alpha value is -2.64. The third-order valence-corrected chi connectivity index (χ3v) is 7.05. The summed E-state index contributed by atoms with van der Waals surface area (Å²) in [5, 5.41) is 0. The molecule has 0 aromatic heterocycles. The first-order valence-corrected chi connectivity index (χ1v) is 11.9. The number of halogens is 1. The molecule has 2 unspecified atom stereocenters. The molecule has 2 aliphatic carbocycles. The maximum absolute atomic E-state index is 4.59. The van der Waals surface area contributed by atoms with Crippen LogP contribution in [0.25, 0.3) is 17.7 Å². The van der Waals surface area contributed by atoms with Gasteiger partial charge in [0.2, 0.25) is 0 Å². The predicted octanol–water partition coefficient (Wildman–Crippen LogP) is 8.82. The number of aryl methyl sites for hydroxylation is 1. The van der Waals surface area contributed by atoms with Crippen molar-refractivity contribution < 1.29 is 0 Å². The minimum atomic E-state index is -0.286. The van der Waals surface area contributed by atoms with Crippen LogP contribution < -0.4 is 0 Å². The SMILES string of the molecule is C=CCC1C(=C)c2ccccc2C12c1cc(C)ccc1C=Cc1ccc(Br)cc12.CC. The molecule has 1 heteroatoms. The lowest BCUT2D eigenvalue weighted by molar-refractivity contribution is 0.486. The lowest BCUT2D eigenvalue weighted by Crippen LogP contribution is -2.35. The summed E-state index contributed by atoms with van der Waals surface area (Å²) in [5.74, 6) is 0.228. The van der Waals surface area contributed by atoms with Crippen LogP contribution in [0.3, 0.4) is 0 Å². The van der Waals surface area contributed by atoms with Crippen LogP contribution in [-0.2, 0) is 5.41 Å². The zero-order chi connectivity index (χ0) is 22.2. The molecule has 0 saturated heterocycles. The van der Waals surface area contributed by atoms with E-state index in [0.717, 1.165) is 10.9 Å². The van der Waals surface area contributed by atoms with Crippen LogP contribution in [0.4, 0.5) is 0 Å². The zero-order valence-electron chi connectivity index (χ0n) is 18.6. The van der Waals surface area contributed by atoms with Crippen LogP contribution in [0, 0.1) is 12.8 Å². The molecule has 0 heterocycles. The highest BCUT2D eigenvalue weighted by Crippen LogP contribution is 2.60. The van der Waals surface area contributed by atoms with Crippen molar-refractivity contribution in [2.45, 2.75) is 32.6 Å². The van der Waals surface area contributed by atoms with E-state index in [2.05, 4.69) is 115 Å². The van der Waals surface area contributed by atoms with E-state index in [9.17, 15) is 0 Å². The fourth-order valence-corrected chi connectivity index (χ4v) is 5.75. The summed E-state index contributed by atoms with van der Waals surface area (Å²) >= 11 is 3.75. The van der Waals surface area contributed by atoms with Crippen molar-refractivity contribution in [2.24, 2.45) is 5.92 Å². The number of allylic oxidation sites excluding steroid dienone is 2. The van der Waals surface area contributed by atoms with Crippen molar-refractivity contribution in [1.82, 2.24) is 0 Å². The van der Waals surface area contributed by atoms with E-state index in [0.29, 0.717) is 0 Å². The van der Waals surface area contributed by atoms with Crippen molar-refractivity contribution in [3.05, 3.63) is 123 Å². The number of rotatable bonds is 2. The van der Waals surface area contributed by atoms with Crippen LogP contribution in [0.1, 0.15) is 59.2 Å². The highest BCUT2D eigenvalue weighted by atomic mass is 79.9. The topological polar surface area (TPSA) is 0 Å². The summed E-state index contributed by atoms with van der Waals surface area (Å²) in [5.41, 5.74) is 10.1. The number of fused-ring (bicyclic) bond motifs is 6. The Balaban J connectivity index is 0.00000112. The third kappa shape index (κ3) is 3.18. The second kappa shape index (κ2) is 8.48. The van der Waals surface area contributed by atoms with E-state index in [4.69, 9.17) is 0 Å². The van der Waals surface area contributed by atoms with Crippen LogP contribution in [0.2, 0.25) is 0 Å². The first kappa shape index (κ1) is 21.6. The van der Waals surface area contributed by atoms with E-state index < -0.39 is 0 Å². The molecule has 2 aliphatic rings. The Morgan fingerprint density at radius 1 is 0.903 bits per heavy atom. The van der Waals surface area contributed by atoms with Gasteiger partial charge in [-0.1, -0.05) is 109 Å². The number of benzene rings is 3. The standard InChI is InChI=1S/C28H23Br.C2H6/c1-4-7-24-19(3)23-8-5-6-9-25(23)28(24)26-16-18(2)10-11-20(26)12-13-21-14-15-22(29)17-27(21)28;1-2/h4-6,8-17,24H,1,3,7H2,2H3;1-2H3. The van der Waals surface area contributed by atoms with E-state index in [1.54, 1.807) is 0 Å². The summed E-state index contributed by atoms with van der Waals surface area (Å²) in [6.45, 7) is 14.9. The van der Waals surface area contributed by atoms with Gasteiger partial charge in [-0.3, -0.25) is 0 Å². The normalized spacial score (nSPS) is 20.3. The Kier molecular flexibility index (Phi) is 5.90. The van der Waals surface area contributed by atoms with Crippen LogP contribution in [0.15, 0.2) is 84.4 Å². The highest BCUT2D eigenvalue weighted by molar-refractivity contribution is 9.10. The second-order valence-corrected chi connectivity index (χ2v) is 9.03. The van der Waals surface area contributed by atoms with Gasteiger partial charge in [-0.2, -0.15) is 0 Å². The van der Waals surface area contributed by atoms with E-state index in [1.807, 2.05) is 13.8 Å². The van der Waals surface area contributed by atoms with Crippen LogP contribution in [0.5, 0.6) is 0 Å². The van der Waals surface area contributed by atoms with E-state index in [1.165, 1.54) is 44.5 Å². The van der Waals surface area contributed by atoms with Gasteiger partial charge in [-0.05, 0) is 64.4 Å². The highest BCUT2D eigenvalue weighted by Gasteiger charge is 2.52. The fraction of sp³-hybridized carbons (Fsp3) is 0.200.